The second kappa shape index (κ2) is 11.2. The number of fused-ring (bicyclic) bond motifs is 3. The molecule has 4 aliphatic heterocycles. The molecule has 0 N–H and O–H groups in total. The van der Waals surface area contributed by atoms with Gasteiger partial charge in [-0.05, 0) is 90.6 Å². The number of amides is 1. The Bertz CT molecular complexity index is 1830. The Hall–Kier alpha value is -4.39. The number of hydrogen-bond acceptors (Lipinski definition) is 9. The van der Waals surface area contributed by atoms with Crippen LogP contribution < -0.4 is 18.9 Å². The van der Waals surface area contributed by atoms with Crippen molar-refractivity contribution in [1.82, 2.24) is 9.31 Å². The molecule has 1 saturated heterocycles. The van der Waals surface area contributed by atoms with Crippen molar-refractivity contribution in [3.8, 4) is 23.0 Å². The quantitative estimate of drug-likeness (QED) is 0.402. The van der Waals surface area contributed by atoms with Gasteiger partial charge in [-0.1, -0.05) is 12.1 Å². The lowest BCUT2D eigenvalue weighted by Crippen LogP contribution is -2.40. The summed E-state index contributed by atoms with van der Waals surface area (Å²) in [5, 5.41) is 6.55. The molecule has 1 amide bonds. The van der Waals surface area contributed by atoms with Crippen LogP contribution in [0.1, 0.15) is 46.8 Å². The number of benzene rings is 3. The van der Waals surface area contributed by atoms with Crippen LogP contribution >= 0.6 is 0 Å². The predicted octanol–water partition coefficient (Wildman–Crippen LogP) is 4.60. The molecule has 8 rings (SSSR count). The molecule has 1 saturated carbocycles. The minimum atomic E-state index is -3.69. The molecule has 0 bridgehead atoms. The average molecular weight is 630 g/mol. The van der Waals surface area contributed by atoms with E-state index in [4.69, 9.17) is 28.8 Å². The van der Waals surface area contributed by atoms with Crippen molar-refractivity contribution >= 4 is 27.7 Å². The minimum Gasteiger partial charge on any atom is -0.454 e. The van der Waals surface area contributed by atoms with E-state index in [1.165, 1.54) is 16.4 Å². The topological polar surface area (TPSA) is 116 Å². The number of morpholine rings is 1. The molecule has 0 aromatic heterocycles. The van der Waals surface area contributed by atoms with Gasteiger partial charge in [-0.2, -0.15) is 9.41 Å². The summed E-state index contributed by atoms with van der Waals surface area (Å²) in [6, 6.07) is 17.4. The molecule has 0 spiro atoms. The van der Waals surface area contributed by atoms with Crippen LogP contribution in [0.3, 0.4) is 0 Å². The van der Waals surface area contributed by atoms with Gasteiger partial charge < -0.3 is 23.7 Å². The van der Waals surface area contributed by atoms with E-state index in [0.29, 0.717) is 49.1 Å². The summed E-state index contributed by atoms with van der Waals surface area (Å²) in [7, 11) is -3.69. The third-order valence-electron chi connectivity index (χ3n) is 8.89. The first-order valence-electron chi connectivity index (χ1n) is 15.1. The molecule has 3 aromatic rings. The van der Waals surface area contributed by atoms with Gasteiger partial charge in [0.2, 0.25) is 23.6 Å². The molecule has 2 atom stereocenters. The van der Waals surface area contributed by atoms with Crippen LogP contribution in [0.2, 0.25) is 0 Å². The largest absolute Gasteiger partial charge is 0.454 e. The Balaban J connectivity index is 1.14. The fourth-order valence-corrected chi connectivity index (χ4v) is 8.05. The van der Waals surface area contributed by atoms with Crippen LogP contribution in [0.4, 0.5) is 0 Å². The first kappa shape index (κ1) is 28.1. The Kier molecular flexibility index (Phi) is 7.00. The normalized spacial score (nSPS) is 23.2. The molecule has 0 radical (unpaired) electrons. The monoisotopic (exact) mass is 629 g/mol. The van der Waals surface area contributed by atoms with E-state index < -0.39 is 10.0 Å². The lowest BCUT2D eigenvalue weighted by atomic mass is 9.77. The molecule has 5 aliphatic rings. The van der Waals surface area contributed by atoms with E-state index in [9.17, 15) is 13.2 Å². The first-order chi connectivity index (χ1) is 22.0. The van der Waals surface area contributed by atoms with Gasteiger partial charge in [0.1, 0.15) is 0 Å². The summed E-state index contributed by atoms with van der Waals surface area (Å²) >= 11 is 0. The molecule has 4 heterocycles. The zero-order valence-electron chi connectivity index (χ0n) is 24.4. The van der Waals surface area contributed by atoms with E-state index in [0.717, 1.165) is 47.4 Å². The van der Waals surface area contributed by atoms with Crippen molar-refractivity contribution in [3.63, 3.8) is 0 Å². The summed E-state index contributed by atoms with van der Waals surface area (Å²) in [5.41, 5.74) is 4.16. The fourth-order valence-electron chi connectivity index (χ4n) is 6.64. The number of carbonyl (C=O) groups excluding carboxylic acids is 1. The Morgan fingerprint density at radius 3 is 2.29 bits per heavy atom. The van der Waals surface area contributed by atoms with Crippen molar-refractivity contribution in [3.05, 3.63) is 82.9 Å². The number of hydrazone groups is 1. The zero-order valence-corrected chi connectivity index (χ0v) is 25.2. The Labute approximate surface area is 260 Å². The standard InChI is InChI=1S/C33H31N3O8S/c37-33(22-5-8-25(9-6-22)45(38,39)35-12-14-40-15-13-35)36-32(24-7-11-28-30(18-24)44-20-42-28)26-3-1-2-23(31(26)34-36)16-21-4-10-27-29(17-21)43-19-41-27/h4-11,16-18,26,32H,1-3,12-15,19-20H2/b23-16-/t26-,32+/m1/s1. The second-order valence-corrected chi connectivity index (χ2v) is 13.5. The van der Waals surface area contributed by atoms with Crippen LogP contribution in [0, 0.1) is 5.92 Å². The molecular weight excluding hydrogens is 598 g/mol. The molecule has 45 heavy (non-hydrogen) atoms. The van der Waals surface area contributed by atoms with E-state index in [-0.39, 0.29) is 36.3 Å². The van der Waals surface area contributed by atoms with Gasteiger partial charge in [-0.15, -0.1) is 0 Å². The lowest BCUT2D eigenvalue weighted by Gasteiger charge is -2.30. The van der Waals surface area contributed by atoms with Crippen molar-refractivity contribution in [2.75, 3.05) is 39.9 Å². The van der Waals surface area contributed by atoms with Gasteiger partial charge in [0.25, 0.3) is 5.91 Å². The molecule has 0 unspecified atom stereocenters. The smallest absolute Gasteiger partial charge is 0.274 e. The van der Waals surface area contributed by atoms with E-state index >= 15 is 0 Å². The fraction of sp³-hybridized carbons (Fsp3) is 0.333. The van der Waals surface area contributed by atoms with Gasteiger partial charge in [0.05, 0.1) is 29.9 Å². The number of carbonyl (C=O) groups is 1. The number of ether oxygens (including phenoxy) is 5. The van der Waals surface area contributed by atoms with Crippen molar-refractivity contribution in [2.45, 2.75) is 30.2 Å². The number of nitrogens with zero attached hydrogens (tertiary/aromatic N) is 3. The highest BCUT2D eigenvalue weighted by Crippen LogP contribution is 2.47. The molecule has 2 fully saturated rings. The Morgan fingerprint density at radius 1 is 0.844 bits per heavy atom. The lowest BCUT2D eigenvalue weighted by molar-refractivity contribution is 0.0680. The maximum atomic E-state index is 14.2. The molecular formula is C33H31N3O8S. The summed E-state index contributed by atoms with van der Waals surface area (Å²) in [6.45, 7) is 1.68. The number of allylic oxidation sites excluding steroid dienone is 1. The Morgan fingerprint density at radius 2 is 1.53 bits per heavy atom. The summed E-state index contributed by atoms with van der Waals surface area (Å²) in [4.78, 5) is 14.3. The molecule has 11 nitrogen and oxygen atoms in total. The highest BCUT2D eigenvalue weighted by atomic mass is 32.2. The van der Waals surface area contributed by atoms with Crippen molar-refractivity contribution in [1.29, 1.82) is 0 Å². The maximum absolute atomic E-state index is 14.2. The minimum absolute atomic E-state index is 0.0377. The molecule has 12 heteroatoms. The van der Waals surface area contributed by atoms with E-state index in [1.807, 2.05) is 36.4 Å². The van der Waals surface area contributed by atoms with Crippen LogP contribution in [-0.2, 0) is 14.8 Å². The van der Waals surface area contributed by atoms with E-state index in [1.54, 1.807) is 17.1 Å². The number of hydrogen-bond donors (Lipinski definition) is 0. The van der Waals surface area contributed by atoms with Crippen molar-refractivity contribution < 1.29 is 36.9 Å². The third-order valence-corrected chi connectivity index (χ3v) is 10.8. The SMILES string of the molecule is O=C(c1ccc(S(=O)(=O)N2CCOCC2)cc1)N1N=C2/C(=C\c3ccc4c(c3)OCO4)CCC[C@H]2[C@@H]1c1ccc2c(c1)OCO2. The van der Waals surface area contributed by atoms with Crippen molar-refractivity contribution in [2.24, 2.45) is 11.0 Å². The third kappa shape index (κ3) is 5.02. The van der Waals surface area contributed by atoms with Crippen LogP contribution in [0.15, 0.2) is 76.2 Å². The van der Waals surface area contributed by atoms with E-state index in [2.05, 4.69) is 6.08 Å². The average Bonchev–Trinajstić information content (AvgIpc) is 3.83. The highest BCUT2D eigenvalue weighted by Gasteiger charge is 2.44. The van der Waals surface area contributed by atoms with Crippen LogP contribution in [-0.4, -0.2) is 69.2 Å². The van der Waals surface area contributed by atoms with Gasteiger partial charge in [0.15, 0.2) is 23.0 Å². The zero-order chi connectivity index (χ0) is 30.5. The summed E-state index contributed by atoms with van der Waals surface area (Å²) in [5.74, 6) is 2.39. The van der Waals surface area contributed by atoms with Gasteiger partial charge >= 0.3 is 0 Å². The molecule has 232 valence electrons. The summed E-state index contributed by atoms with van der Waals surface area (Å²) in [6.07, 6.45) is 4.74. The molecule has 1 aliphatic carbocycles. The predicted molar refractivity (Wildman–Crippen MR) is 163 cm³/mol. The number of sulfonamides is 1. The van der Waals surface area contributed by atoms with Gasteiger partial charge in [0, 0.05) is 24.6 Å². The van der Waals surface area contributed by atoms with Crippen LogP contribution in [0.5, 0.6) is 23.0 Å². The summed E-state index contributed by atoms with van der Waals surface area (Å²) < 4.78 is 55.4. The number of rotatable bonds is 5. The maximum Gasteiger partial charge on any atom is 0.274 e. The van der Waals surface area contributed by atoms with Gasteiger partial charge in [-0.3, -0.25) is 4.79 Å². The van der Waals surface area contributed by atoms with Gasteiger partial charge in [-0.25, -0.2) is 13.4 Å². The second-order valence-electron chi connectivity index (χ2n) is 11.5. The van der Waals surface area contributed by atoms with Crippen LogP contribution in [0.25, 0.3) is 6.08 Å². The first-order valence-corrected chi connectivity index (χ1v) is 16.5. The highest BCUT2D eigenvalue weighted by molar-refractivity contribution is 7.89. The molecule has 3 aromatic carbocycles.